The van der Waals surface area contributed by atoms with Crippen molar-refractivity contribution < 1.29 is 14.4 Å². The predicted octanol–water partition coefficient (Wildman–Crippen LogP) is 1.66. The molecule has 0 bridgehead atoms. The Labute approximate surface area is 131 Å². The first kappa shape index (κ1) is 14.6. The van der Waals surface area contributed by atoms with Crippen molar-refractivity contribution in [2.24, 2.45) is 0 Å². The Balaban J connectivity index is 1.66. The number of benzene rings is 1. The van der Waals surface area contributed by atoms with E-state index in [-0.39, 0.29) is 11.5 Å². The summed E-state index contributed by atoms with van der Waals surface area (Å²) in [6, 6.07) is 10.9. The van der Waals surface area contributed by atoms with E-state index < -0.39 is 0 Å². The number of rotatable bonds is 4. The van der Waals surface area contributed by atoms with E-state index in [1.165, 1.54) is 11.6 Å². The van der Waals surface area contributed by atoms with Crippen molar-refractivity contribution in [3.63, 3.8) is 0 Å². The molecule has 2 aliphatic heterocycles. The maximum atomic E-state index is 11.9. The number of hydrogen-bond acceptors (Lipinski definition) is 4. The van der Waals surface area contributed by atoms with Crippen LogP contribution in [0.1, 0.15) is 19.8 Å². The molecule has 5 heteroatoms. The average molecular weight is 352 g/mol. The van der Waals surface area contributed by atoms with E-state index in [1.807, 2.05) is 11.1 Å². The fourth-order valence-electron chi connectivity index (χ4n) is 3.01. The van der Waals surface area contributed by atoms with Crippen LogP contribution in [0.4, 0.5) is 0 Å². The molecule has 0 saturated carbocycles. The number of carbonyl (C=O) groups is 1. The quantitative estimate of drug-likeness (QED) is 0.610. The molecule has 0 radical (unpaired) electrons. The molecule has 0 N–H and O–H groups in total. The van der Waals surface area contributed by atoms with Crippen molar-refractivity contribution in [1.29, 1.82) is 0 Å². The number of ether oxygens (including phenoxy) is 1. The van der Waals surface area contributed by atoms with Crippen molar-refractivity contribution in [2.45, 2.75) is 36.7 Å². The van der Waals surface area contributed by atoms with E-state index in [1.54, 1.807) is 6.26 Å². The van der Waals surface area contributed by atoms with Gasteiger partial charge in [-0.25, -0.2) is 0 Å². The van der Waals surface area contributed by atoms with Crippen molar-refractivity contribution in [3.8, 4) is 0 Å². The molecule has 0 aliphatic carbocycles. The molecule has 1 aromatic carbocycles. The third-order valence-electron chi connectivity index (χ3n) is 4.24. The Hall–Kier alpha value is -1.29. The Morgan fingerprint density at radius 3 is 2.95 bits per heavy atom. The van der Waals surface area contributed by atoms with Gasteiger partial charge in [0, 0.05) is 0 Å². The monoisotopic (exact) mass is 353 g/mol. The third-order valence-corrected chi connectivity index (χ3v) is 6.67. The molecule has 3 rings (SSSR count). The molecule has 1 fully saturated rings. The van der Waals surface area contributed by atoms with Crippen LogP contribution >= 0.6 is 0 Å². The van der Waals surface area contributed by atoms with Gasteiger partial charge in [-0.05, 0) is 0 Å². The van der Waals surface area contributed by atoms with Gasteiger partial charge in [0.2, 0.25) is 0 Å². The summed E-state index contributed by atoms with van der Waals surface area (Å²) in [7, 11) is 1.42. The molecule has 1 aromatic rings. The van der Waals surface area contributed by atoms with Crippen LogP contribution in [0.2, 0.25) is 5.32 Å². The van der Waals surface area contributed by atoms with Gasteiger partial charge in [-0.15, -0.1) is 0 Å². The van der Waals surface area contributed by atoms with Gasteiger partial charge in [0.15, 0.2) is 0 Å². The van der Waals surface area contributed by atoms with Gasteiger partial charge in [-0.1, -0.05) is 0 Å². The second kappa shape index (κ2) is 5.84. The molecule has 1 saturated heterocycles. The van der Waals surface area contributed by atoms with Crippen LogP contribution in [0, 0.1) is 0 Å². The van der Waals surface area contributed by atoms with E-state index in [0.29, 0.717) is 26.6 Å². The number of hydroxylamine groups is 2. The van der Waals surface area contributed by atoms with Crippen molar-refractivity contribution in [1.82, 2.24) is 5.06 Å². The Bertz CT molecular complexity index is 560. The number of fused-ring (bicyclic) bond motifs is 1. The summed E-state index contributed by atoms with van der Waals surface area (Å²) in [5, 5.41) is 3.10. The maximum absolute atomic E-state index is 11.9. The van der Waals surface area contributed by atoms with Crippen LogP contribution in [-0.2, 0) is 14.4 Å². The molecule has 21 heavy (non-hydrogen) atoms. The number of methoxy groups -OCH3 is 1. The number of nitrogens with zero attached hydrogens (tertiary/aromatic N) is 1. The molecule has 0 aromatic heterocycles. The van der Waals surface area contributed by atoms with Gasteiger partial charge in [0.1, 0.15) is 0 Å². The summed E-state index contributed by atoms with van der Waals surface area (Å²) in [6.07, 6.45) is 3.55. The Kier molecular flexibility index (Phi) is 4.07. The van der Waals surface area contributed by atoms with E-state index in [4.69, 9.17) is 9.57 Å². The van der Waals surface area contributed by atoms with Crippen LogP contribution in [0.15, 0.2) is 42.2 Å². The van der Waals surface area contributed by atoms with E-state index in [0.717, 1.165) is 18.2 Å². The molecule has 2 atom stereocenters. The zero-order valence-electron chi connectivity index (χ0n) is 12.2. The first-order valence-corrected chi connectivity index (χ1v) is 9.15. The van der Waals surface area contributed by atoms with Crippen molar-refractivity contribution in [2.75, 3.05) is 7.11 Å². The first-order valence-electron chi connectivity index (χ1n) is 7.08. The van der Waals surface area contributed by atoms with Crippen LogP contribution in [-0.4, -0.2) is 44.7 Å². The second-order valence-corrected chi connectivity index (χ2v) is 7.84. The van der Waals surface area contributed by atoms with Crippen LogP contribution in [0.5, 0.6) is 0 Å². The SMILES string of the molecule is COC(=O)C1=CON2[C@H](C[Se]c3ccccc3)CC[C@@]12C. The van der Waals surface area contributed by atoms with Gasteiger partial charge in [0.05, 0.1) is 0 Å². The van der Waals surface area contributed by atoms with Crippen LogP contribution < -0.4 is 4.46 Å². The fraction of sp³-hybridized carbons (Fsp3) is 0.438. The molecular formula is C16H19NO3Se. The zero-order chi connectivity index (χ0) is 14.9. The van der Waals surface area contributed by atoms with E-state index >= 15 is 0 Å². The minimum absolute atomic E-state index is 0.283. The summed E-state index contributed by atoms with van der Waals surface area (Å²) < 4.78 is 6.26. The number of hydrogen-bond donors (Lipinski definition) is 0. The summed E-state index contributed by atoms with van der Waals surface area (Å²) in [4.78, 5) is 17.6. The van der Waals surface area contributed by atoms with Crippen LogP contribution in [0.3, 0.4) is 0 Å². The summed E-state index contributed by atoms with van der Waals surface area (Å²) in [5.41, 5.74) is 0.310. The molecule has 112 valence electrons. The molecule has 0 spiro atoms. The molecule has 4 nitrogen and oxygen atoms in total. The third kappa shape index (κ3) is 2.61. The second-order valence-electron chi connectivity index (χ2n) is 5.54. The molecule has 2 heterocycles. The molecule has 0 amide bonds. The van der Waals surface area contributed by atoms with Gasteiger partial charge < -0.3 is 0 Å². The Morgan fingerprint density at radius 2 is 2.24 bits per heavy atom. The van der Waals surface area contributed by atoms with Gasteiger partial charge >= 0.3 is 131 Å². The summed E-state index contributed by atoms with van der Waals surface area (Å²) in [6.45, 7) is 2.07. The zero-order valence-corrected chi connectivity index (χ0v) is 14.0. The summed E-state index contributed by atoms with van der Waals surface area (Å²) in [5.74, 6) is -0.283. The van der Waals surface area contributed by atoms with Crippen molar-refractivity contribution in [3.05, 3.63) is 42.2 Å². The average Bonchev–Trinajstić information content (AvgIpc) is 3.00. The van der Waals surface area contributed by atoms with E-state index in [2.05, 4.69) is 31.2 Å². The normalized spacial score (nSPS) is 27.9. The van der Waals surface area contributed by atoms with Crippen LogP contribution in [0.25, 0.3) is 0 Å². The number of carbonyl (C=O) groups excluding carboxylic acids is 1. The van der Waals surface area contributed by atoms with Gasteiger partial charge in [-0.3, -0.25) is 0 Å². The van der Waals surface area contributed by atoms with Gasteiger partial charge in [-0.2, -0.15) is 0 Å². The van der Waals surface area contributed by atoms with E-state index in [9.17, 15) is 4.79 Å². The topological polar surface area (TPSA) is 38.8 Å². The Morgan fingerprint density at radius 1 is 1.48 bits per heavy atom. The summed E-state index contributed by atoms with van der Waals surface area (Å²) >= 11 is 0.425. The molecule has 2 aliphatic rings. The molecular weight excluding hydrogens is 333 g/mol. The predicted molar refractivity (Wildman–Crippen MR) is 81.1 cm³/mol. The first-order chi connectivity index (χ1) is 10.1. The standard InChI is InChI=1S/C16H19NO3Se/c1-16-9-8-12(11-21-13-6-4-3-5-7-13)17(16)20-10-14(16)15(18)19-2/h3-7,10,12H,8-9,11H2,1-2H3/t12-,16-/m0/s1. The van der Waals surface area contributed by atoms with Crippen molar-refractivity contribution >= 4 is 25.4 Å². The molecule has 0 unspecified atom stereocenters. The number of esters is 1. The fourth-order valence-corrected chi connectivity index (χ4v) is 5.18. The minimum atomic E-state index is -0.329. The van der Waals surface area contributed by atoms with Gasteiger partial charge in [0.25, 0.3) is 0 Å².